The summed E-state index contributed by atoms with van der Waals surface area (Å²) in [5, 5.41) is 0. The summed E-state index contributed by atoms with van der Waals surface area (Å²) in [6.45, 7) is 3.72. The second-order valence-corrected chi connectivity index (χ2v) is 4.85. The van der Waals surface area contributed by atoms with E-state index >= 15 is 0 Å². The Morgan fingerprint density at radius 3 is 2.79 bits per heavy atom. The summed E-state index contributed by atoms with van der Waals surface area (Å²) >= 11 is 4.98. The number of aromatic nitrogens is 1. The molecule has 1 heterocycles. The first-order valence-electron chi connectivity index (χ1n) is 6.29. The second-order valence-electron chi connectivity index (χ2n) is 4.41. The highest BCUT2D eigenvalue weighted by atomic mass is 32.1. The van der Waals surface area contributed by atoms with Crippen molar-refractivity contribution in [1.29, 1.82) is 0 Å². The molecule has 0 aromatic carbocycles. The number of nitrogens with two attached hydrogens (primary N) is 2. The average Bonchev–Trinajstić information content (AvgIpc) is 2.35. The van der Waals surface area contributed by atoms with Crippen molar-refractivity contribution >= 4 is 23.1 Å². The molecular formula is C13H20N4OS. The third kappa shape index (κ3) is 5.32. The molecule has 0 spiro atoms. The third-order valence-corrected chi connectivity index (χ3v) is 2.92. The molecule has 0 radical (unpaired) electrons. The molecule has 1 rings (SSSR count). The number of primary amides is 1. The zero-order chi connectivity index (χ0) is 14.3. The topological polar surface area (TPSA) is 85.2 Å². The van der Waals surface area contributed by atoms with Crippen LogP contribution < -0.4 is 11.5 Å². The van der Waals surface area contributed by atoms with Gasteiger partial charge in [0.15, 0.2) is 0 Å². The minimum atomic E-state index is -0.336. The van der Waals surface area contributed by atoms with Gasteiger partial charge in [-0.1, -0.05) is 31.6 Å². The Hall–Kier alpha value is -1.53. The predicted octanol–water partition coefficient (Wildman–Crippen LogP) is 0.803. The van der Waals surface area contributed by atoms with Gasteiger partial charge in [0.25, 0.3) is 0 Å². The number of amides is 1. The summed E-state index contributed by atoms with van der Waals surface area (Å²) in [5.74, 6) is -0.336. The molecular weight excluding hydrogens is 260 g/mol. The molecule has 104 valence electrons. The fourth-order valence-electron chi connectivity index (χ4n) is 1.85. The second kappa shape index (κ2) is 7.81. The summed E-state index contributed by atoms with van der Waals surface area (Å²) in [6.07, 6.45) is 3.73. The van der Waals surface area contributed by atoms with Crippen molar-refractivity contribution in [1.82, 2.24) is 9.88 Å². The van der Waals surface area contributed by atoms with Gasteiger partial charge in [-0.25, -0.2) is 0 Å². The minimum absolute atomic E-state index is 0.228. The number of nitrogens with zero attached hydrogens (tertiary/aromatic N) is 2. The van der Waals surface area contributed by atoms with Crippen LogP contribution >= 0.6 is 12.2 Å². The molecule has 1 aromatic heterocycles. The van der Waals surface area contributed by atoms with Gasteiger partial charge in [0.2, 0.25) is 5.91 Å². The summed E-state index contributed by atoms with van der Waals surface area (Å²) < 4.78 is 0. The van der Waals surface area contributed by atoms with Gasteiger partial charge in [-0.3, -0.25) is 14.7 Å². The van der Waals surface area contributed by atoms with Crippen LogP contribution in [0, 0.1) is 0 Å². The predicted molar refractivity (Wildman–Crippen MR) is 79.5 cm³/mol. The van der Waals surface area contributed by atoms with E-state index in [4.69, 9.17) is 23.7 Å². The molecule has 0 aliphatic heterocycles. The summed E-state index contributed by atoms with van der Waals surface area (Å²) in [5.41, 5.74) is 12.5. The smallest absolute Gasteiger partial charge is 0.231 e. The number of pyridine rings is 1. The molecule has 0 aliphatic carbocycles. The molecule has 0 saturated heterocycles. The number of unbranched alkanes of at least 4 members (excludes halogenated alkanes) is 1. The fraction of sp³-hybridized carbons (Fsp3) is 0.462. The van der Waals surface area contributed by atoms with E-state index in [0.717, 1.165) is 24.9 Å². The van der Waals surface area contributed by atoms with E-state index in [9.17, 15) is 4.79 Å². The van der Waals surface area contributed by atoms with Gasteiger partial charge in [0.05, 0.1) is 6.54 Å². The van der Waals surface area contributed by atoms with Crippen molar-refractivity contribution in [3.63, 3.8) is 0 Å². The third-order valence-electron chi connectivity index (χ3n) is 2.73. The van der Waals surface area contributed by atoms with Gasteiger partial charge in [-0.15, -0.1) is 0 Å². The highest BCUT2D eigenvalue weighted by molar-refractivity contribution is 7.80. The van der Waals surface area contributed by atoms with E-state index in [0.29, 0.717) is 12.2 Å². The van der Waals surface area contributed by atoms with Crippen molar-refractivity contribution in [2.24, 2.45) is 11.5 Å². The Morgan fingerprint density at radius 2 is 2.21 bits per heavy atom. The molecule has 1 aromatic rings. The Balaban J connectivity index is 2.82. The minimum Gasteiger partial charge on any atom is -0.388 e. The SMILES string of the molecule is CCCCN(CC(N)=O)Cc1cccnc1C(N)=S. The molecule has 1 amide bonds. The van der Waals surface area contributed by atoms with Crippen molar-refractivity contribution in [3.8, 4) is 0 Å². The van der Waals surface area contributed by atoms with Crippen molar-refractivity contribution in [3.05, 3.63) is 29.6 Å². The van der Waals surface area contributed by atoms with E-state index < -0.39 is 0 Å². The van der Waals surface area contributed by atoms with E-state index in [1.54, 1.807) is 6.20 Å². The first-order valence-corrected chi connectivity index (χ1v) is 6.69. The van der Waals surface area contributed by atoms with Crippen LogP contribution in [0.15, 0.2) is 18.3 Å². The lowest BCUT2D eigenvalue weighted by Crippen LogP contribution is -2.34. The lowest BCUT2D eigenvalue weighted by Gasteiger charge is -2.21. The molecule has 0 saturated carbocycles. The molecule has 0 fully saturated rings. The van der Waals surface area contributed by atoms with Crippen LogP contribution in [0.25, 0.3) is 0 Å². The van der Waals surface area contributed by atoms with Crippen LogP contribution in [-0.2, 0) is 11.3 Å². The van der Waals surface area contributed by atoms with Gasteiger partial charge in [0, 0.05) is 12.7 Å². The number of rotatable bonds is 8. The largest absolute Gasteiger partial charge is 0.388 e. The summed E-state index contributed by atoms with van der Waals surface area (Å²) in [4.78, 5) is 17.5. The van der Waals surface area contributed by atoms with Crippen LogP contribution in [-0.4, -0.2) is 33.9 Å². The first kappa shape index (κ1) is 15.5. The highest BCUT2D eigenvalue weighted by Gasteiger charge is 2.12. The number of hydrogen-bond donors (Lipinski definition) is 2. The zero-order valence-electron chi connectivity index (χ0n) is 11.1. The molecule has 0 bridgehead atoms. The van der Waals surface area contributed by atoms with Gasteiger partial charge >= 0.3 is 0 Å². The maximum atomic E-state index is 11.1. The van der Waals surface area contributed by atoms with Crippen molar-refractivity contribution in [2.75, 3.05) is 13.1 Å². The standard InChI is InChI=1S/C13H20N4OS/c1-2-3-7-17(9-11(14)18)8-10-5-4-6-16-12(10)13(15)19/h4-6H,2-3,7-9H2,1H3,(H2,14,18)(H2,15,19). The molecule has 6 heteroatoms. The summed E-state index contributed by atoms with van der Waals surface area (Å²) in [6, 6.07) is 3.75. The Labute approximate surface area is 119 Å². The van der Waals surface area contributed by atoms with Crippen LogP contribution in [0.1, 0.15) is 31.0 Å². The quantitative estimate of drug-likeness (QED) is 0.688. The molecule has 4 N–H and O–H groups in total. The fourth-order valence-corrected chi connectivity index (χ4v) is 2.03. The Bertz CT molecular complexity index is 450. The van der Waals surface area contributed by atoms with Crippen LogP contribution in [0.5, 0.6) is 0 Å². The molecule has 0 unspecified atom stereocenters. The van der Waals surface area contributed by atoms with Crippen molar-refractivity contribution in [2.45, 2.75) is 26.3 Å². The molecule has 5 nitrogen and oxygen atoms in total. The molecule has 0 atom stereocenters. The zero-order valence-corrected chi connectivity index (χ0v) is 11.9. The number of carbonyl (C=O) groups excluding carboxylic acids is 1. The van der Waals surface area contributed by atoms with Crippen LogP contribution in [0.4, 0.5) is 0 Å². The van der Waals surface area contributed by atoms with Crippen molar-refractivity contribution < 1.29 is 4.79 Å². The van der Waals surface area contributed by atoms with Gasteiger partial charge in [-0.2, -0.15) is 0 Å². The van der Waals surface area contributed by atoms with Crippen LogP contribution in [0.2, 0.25) is 0 Å². The van der Waals surface area contributed by atoms with Gasteiger partial charge in [0.1, 0.15) is 10.7 Å². The van der Waals surface area contributed by atoms with E-state index in [2.05, 4.69) is 11.9 Å². The average molecular weight is 280 g/mol. The normalized spacial score (nSPS) is 10.6. The molecule has 19 heavy (non-hydrogen) atoms. The number of thiocarbonyl (C=S) groups is 1. The number of hydrogen-bond acceptors (Lipinski definition) is 4. The lowest BCUT2D eigenvalue weighted by molar-refractivity contribution is -0.119. The highest BCUT2D eigenvalue weighted by Crippen LogP contribution is 2.10. The van der Waals surface area contributed by atoms with E-state index in [-0.39, 0.29) is 17.4 Å². The monoisotopic (exact) mass is 280 g/mol. The lowest BCUT2D eigenvalue weighted by atomic mass is 10.1. The molecule has 0 aliphatic rings. The van der Waals surface area contributed by atoms with Crippen LogP contribution in [0.3, 0.4) is 0 Å². The maximum absolute atomic E-state index is 11.1. The van der Waals surface area contributed by atoms with Gasteiger partial charge in [-0.05, 0) is 24.6 Å². The van der Waals surface area contributed by atoms with E-state index in [1.807, 2.05) is 17.0 Å². The Morgan fingerprint density at radius 1 is 1.47 bits per heavy atom. The van der Waals surface area contributed by atoms with Gasteiger partial charge < -0.3 is 11.5 Å². The maximum Gasteiger partial charge on any atom is 0.231 e. The number of carbonyl (C=O) groups is 1. The summed E-state index contributed by atoms with van der Waals surface area (Å²) in [7, 11) is 0. The Kier molecular flexibility index (Phi) is 6.38. The first-order chi connectivity index (χ1) is 9.04. The van der Waals surface area contributed by atoms with E-state index in [1.165, 1.54) is 0 Å².